The van der Waals surface area contributed by atoms with E-state index >= 15 is 0 Å². The molecule has 0 aliphatic heterocycles. The van der Waals surface area contributed by atoms with E-state index in [1.54, 1.807) is 26.0 Å². The molecule has 0 heterocycles. The fourth-order valence-electron chi connectivity index (χ4n) is 3.13. The van der Waals surface area contributed by atoms with Gasteiger partial charge in [0.05, 0.1) is 11.4 Å². The highest BCUT2D eigenvalue weighted by molar-refractivity contribution is 7.89. The lowest BCUT2D eigenvalue weighted by atomic mass is 10.1. The van der Waals surface area contributed by atoms with Crippen molar-refractivity contribution < 1.29 is 18.0 Å². The van der Waals surface area contributed by atoms with Crippen LogP contribution in [0.3, 0.4) is 0 Å². The van der Waals surface area contributed by atoms with Crippen molar-refractivity contribution in [1.82, 2.24) is 14.5 Å². The van der Waals surface area contributed by atoms with Crippen LogP contribution in [0.2, 0.25) is 0 Å². The number of carbonyl (C=O) groups excluding carboxylic acids is 2. The van der Waals surface area contributed by atoms with Gasteiger partial charge in [-0.3, -0.25) is 9.59 Å². The van der Waals surface area contributed by atoms with E-state index in [-0.39, 0.29) is 23.9 Å². The number of hydrogen-bond acceptors (Lipinski definition) is 4. The molecule has 0 aliphatic rings. The molecule has 0 bridgehead atoms. The smallest absolute Gasteiger partial charge is 0.243 e. The zero-order valence-electron chi connectivity index (χ0n) is 18.8. The second kappa shape index (κ2) is 10.5. The highest BCUT2D eigenvalue weighted by Gasteiger charge is 2.30. The topological polar surface area (TPSA) is 86.8 Å². The maximum Gasteiger partial charge on any atom is 0.243 e. The molecular formula is C23H31N3O4S. The van der Waals surface area contributed by atoms with Crippen LogP contribution >= 0.6 is 0 Å². The Hall–Kier alpha value is -2.71. The number of sulfonamides is 1. The number of carbonyl (C=O) groups is 2. The van der Waals surface area contributed by atoms with E-state index in [4.69, 9.17) is 0 Å². The number of benzene rings is 2. The maximum atomic E-state index is 13.2. The Morgan fingerprint density at radius 2 is 1.65 bits per heavy atom. The monoisotopic (exact) mass is 445 g/mol. The quantitative estimate of drug-likeness (QED) is 0.642. The van der Waals surface area contributed by atoms with Crippen molar-refractivity contribution >= 4 is 21.8 Å². The predicted octanol–water partition coefficient (Wildman–Crippen LogP) is 2.48. The van der Waals surface area contributed by atoms with Crippen LogP contribution in [0.1, 0.15) is 30.5 Å². The van der Waals surface area contributed by atoms with Gasteiger partial charge in [0.1, 0.15) is 6.04 Å². The van der Waals surface area contributed by atoms with E-state index in [1.807, 2.05) is 38.1 Å². The standard InChI is InChI=1S/C23H31N3O4S/c1-6-24-23(28)19(4)26(15-20-10-8-7-9-18(20)3)22(27)16-25(5)31(29,30)21-13-11-17(2)12-14-21/h7-14,19H,6,15-16H2,1-5H3,(H,24,28)/t19-/m0/s1. The summed E-state index contributed by atoms with van der Waals surface area (Å²) in [5, 5.41) is 2.73. The summed E-state index contributed by atoms with van der Waals surface area (Å²) >= 11 is 0. The molecule has 31 heavy (non-hydrogen) atoms. The lowest BCUT2D eigenvalue weighted by molar-refractivity contribution is -0.140. The molecule has 0 unspecified atom stereocenters. The first-order chi connectivity index (χ1) is 14.6. The highest BCUT2D eigenvalue weighted by Crippen LogP contribution is 2.17. The van der Waals surface area contributed by atoms with Gasteiger partial charge in [-0.15, -0.1) is 0 Å². The van der Waals surface area contributed by atoms with E-state index in [0.717, 1.165) is 21.0 Å². The number of aryl methyl sites for hydroxylation is 2. The van der Waals surface area contributed by atoms with Crippen molar-refractivity contribution in [3.8, 4) is 0 Å². The average Bonchev–Trinajstić information content (AvgIpc) is 2.73. The predicted molar refractivity (Wildman–Crippen MR) is 121 cm³/mol. The first kappa shape index (κ1) is 24.6. The van der Waals surface area contributed by atoms with Gasteiger partial charge in [0.2, 0.25) is 21.8 Å². The van der Waals surface area contributed by atoms with Crippen LogP contribution in [-0.4, -0.2) is 55.6 Å². The molecule has 0 fully saturated rings. The second-order valence-electron chi connectivity index (χ2n) is 7.59. The maximum absolute atomic E-state index is 13.2. The van der Waals surface area contributed by atoms with E-state index < -0.39 is 22.0 Å². The van der Waals surface area contributed by atoms with Gasteiger partial charge in [0.25, 0.3) is 0 Å². The van der Waals surface area contributed by atoms with E-state index in [1.165, 1.54) is 24.1 Å². The SMILES string of the molecule is CCNC(=O)[C@H](C)N(Cc1ccccc1C)C(=O)CN(C)S(=O)(=O)c1ccc(C)cc1. The molecule has 0 spiro atoms. The summed E-state index contributed by atoms with van der Waals surface area (Å²) in [6.45, 7) is 7.54. The normalized spacial score (nSPS) is 12.5. The van der Waals surface area contributed by atoms with E-state index in [9.17, 15) is 18.0 Å². The van der Waals surface area contributed by atoms with Gasteiger partial charge in [0, 0.05) is 20.1 Å². The van der Waals surface area contributed by atoms with Crippen LogP contribution in [0, 0.1) is 13.8 Å². The summed E-state index contributed by atoms with van der Waals surface area (Å²) in [6.07, 6.45) is 0. The minimum Gasteiger partial charge on any atom is -0.355 e. The molecule has 8 heteroatoms. The van der Waals surface area contributed by atoms with Crippen molar-refractivity contribution in [2.75, 3.05) is 20.1 Å². The molecule has 2 amide bonds. The molecule has 0 radical (unpaired) electrons. The Labute approximate surface area is 185 Å². The van der Waals surface area contributed by atoms with Crippen LogP contribution in [0.4, 0.5) is 0 Å². The lowest BCUT2D eigenvalue weighted by Crippen LogP contribution is -2.50. The van der Waals surface area contributed by atoms with Crippen molar-refractivity contribution in [3.63, 3.8) is 0 Å². The highest BCUT2D eigenvalue weighted by atomic mass is 32.2. The summed E-state index contributed by atoms with van der Waals surface area (Å²) in [4.78, 5) is 27.2. The Morgan fingerprint density at radius 1 is 1.03 bits per heavy atom. The number of amides is 2. The molecule has 168 valence electrons. The molecular weight excluding hydrogens is 414 g/mol. The third-order valence-electron chi connectivity index (χ3n) is 5.21. The largest absolute Gasteiger partial charge is 0.355 e. The summed E-state index contributed by atoms with van der Waals surface area (Å²) in [7, 11) is -2.47. The van der Waals surface area contributed by atoms with Crippen molar-refractivity contribution in [3.05, 3.63) is 65.2 Å². The molecule has 0 aromatic heterocycles. The second-order valence-corrected chi connectivity index (χ2v) is 9.64. The van der Waals surface area contributed by atoms with Gasteiger partial charge in [-0.05, 0) is 51.0 Å². The number of likely N-dealkylation sites (N-methyl/N-ethyl adjacent to an activating group) is 2. The molecule has 0 aliphatic carbocycles. The molecule has 0 saturated carbocycles. The number of rotatable bonds is 9. The van der Waals surface area contributed by atoms with Crippen LogP contribution in [0.15, 0.2) is 53.4 Å². The minimum atomic E-state index is -3.84. The van der Waals surface area contributed by atoms with Crippen LogP contribution in [0.5, 0.6) is 0 Å². The molecule has 1 N–H and O–H groups in total. The van der Waals surface area contributed by atoms with Crippen molar-refractivity contribution in [2.45, 2.75) is 45.2 Å². The third kappa shape index (κ3) is 6.15. The van der Waals surface area contributed by atoms with Crippen LogP contribution in [-0.2, 0) is 26.2 Å². The first-order valence-electron chi connectivity index (χ1n) is 10.2. The molecule has 0 saturated heterocycles. The zero-order valence-corrected chi connectivity index (χ0v) is 19.6. The van der Waals surface area contributed by atoms with Gasteiger partial charge in [-0.2, -0.15) is 4.31 Å². The zero-order chi connectivity index (χ0) is 23.2. The molecule has 2 aromatic rings. The van der Waals surface area contributed by atoms with Crippen LogP contribution in [0.25, 0.3) is 0 Å². The van der Waals surface area contributed by atoms with E-state index in [2.05, 4.69) is 5.32 Å². The summed E-state index contributed by atoms with van der Waals surface area (Å²) in [6, 6.07) is 13.3. The van der Waals surface area contributed by atoms with E-state index in [0.29, 0.717) is 6.54 Å². The average molecular weight is 446 g/mol. The number of hydrogen-bond donors (Lipinski definition) is 1. The Morgan fingerprint density at radius 3 is 2.23 bits per heavy atom. The molecule has 2 rings (SSSR count). The Bertz CT molecular complexity index is 1020. The Kier molecular flexibility index (Phi) is 8.36. The van der Waals surface area contributed by atoms with Gasteiger partial charge in [0.15, 0.2) is 0 Å². The minimum absolute atomic E-state index is 0.121. The van der Waals surface area contributed by atoms with Gasteiger partial charge >= 0.3 is 0 Å². The number of nitrogens with one attached hydrogen (secondary N) is 1. The van der Waals surface area contributed by atoms with Crippen molar-refractivity contribution in [1.29, 1.82) is 0 Å². The van der Waals surface area contributed by atoms with Crippen LogP contribution < -0.4 is 5.32 Å². The lowest BCUT2D eigenvalue weighted by Gasteiger charge is -2.30. The summed E-state index contributed by atoms with van der Waals surface area (Å²) < 4.78 is 26.8. The molecule has 2 aromatic carbocycles. The Balaban J connectivity index is 2.28. The molecule has 1 atom stereocenters. The van der Waals surface area contributed by atoms with Gasteiger partial charge < -0.3 is 10.2 Å². The summed E-state index contributed by atoms with van der Waals surface area (Å²) in [5.74, 6) is -0.728. The molecule has 7 nitrogen and oxygen atoms in total. The van der Waals surface area contributed by atoms with Crippen molar-refractivity contribution in [2.24, 2.45) is 0 Å². The number of nitrogens with zero attached hydrogens (tertiary/aromatic N) is 2. The third-order valence-corrected chi connectivity index (χ3v) is 7.02. The van der Waals surface area contributed by atoms with Gasteiger partial charge in [-0.25, -0.2) is 8.42 Å². The fourth-order valence-corrected chi connectivity index (χ4v) is 4.25. The fraction of sp³-hybridized carbons (Fsp3) is 0.391. The van der Waals surface area contributed by atoms with Gasteiger partial charge in [-0.1, -0.05) is 42.0 Å². The summed E-state index contributed by atoms with van der Waals surface area (Å²) in [5.41, 5.74) is 2.83. The first-order valence-corrected chi connectivity index (χ1v) is 11.7.